The molecule has 0 aromatic heterocycles. The van der Waals surface area contributed by atoms with Crippen molar-refractivity contribution in [3.8, 4) is 5.75 Å². The molecule has 1 atom stereocenters. The molecule has 4 nitrogen and oxygen atoms in total. The first-order valence-electron chi connectivity index (χ1n) is 10.6. The number of hydrogen-bond acceptors (Lipinski definition) is 3. The lowest BCUT2D eigenvalue weighted by Gasteiger charge is -2.46. The van der Waals surface area contributed by atoms with Crippen molar-refractivity contribution in [3.63, 3.8) is 0 Å². The largest absolute Gasteiger partial charge is 0.494 e. The molecule has 160 valence electrons. The van der Waals surface area contributed by atoms with E-state index in [0.29, 0.717) is 18.0 Å². The lowest BCUT2D eigenvalue weighted by atomic mass is 9.86. The molecule has 0 bridgehead atoms. The number of likely N-dealkylation sites (tertiary alicyclic amines) is 2. The summed E-state index contributed by atoms with van der Waals surface area (Å²) < 4.78 is 19.2. The number of carbonyl (C=O) groups is 1. The van der Waals surface area contributed by atoms with Gasteiger partial charge in [0.15, 0.2) is 11.6 Å². The first kappa shape index (κ1) is 21.1. The lowest BCUT2D eigenvalue weighted by Crippen LogP contribution is -2.56. The molecule has 2 saturated heterocycles. The van der Waals surface area contributed by atoms with Crippen LogP contribution in [0.15, 0.2) is 42.5 Å². The highest BCUT2D eigenvalue weighted by Crippen LogP contribution is 2.38. The van der Waals surface area contributed by atoms with Gasteiger partial charge >= 0.3 is 0 Å². The van der Waals surface area contributed by atoms with Gasteiger partial charge in [0, 0.05) is 30.2 Å². The van der Waals surface area contributed by atoms with Crippen LogP contribution in [-0.2, 0) is 17.8 Å². The SMILES string of the molecule is COc1ccc(CN2CCC[C@]23CCCN(C(=O)Cc2ccc(Cl)cc2)C3)cc1F. The molecule has 0 aliphatic carbocycles. The summed E-state index contributed by atoms with van der Waals surface area (Å²) in [5, 5.41) is 0.680. The molecule has 1 spiro atoms. The van der Waals surface area contributed by atoms with Crippen molar-refractivity contribution < 1.29 is 13.9 Å². The summed E-state index contributed by atoms with van der Waals surface area (Å²) in [5.41, 5.74) is 1.92. The summed E-state index contributed by atoms with van der Waals surface area (Å²) in [4.78, 5) is 17.5. The van der Waals surface area contributed by atoms with Crippen LogP contribution in [0, 0.1) is 5.82 Å². The Hall–Kier alpha value is -2.11. The topological polar surface area (TPSA) is 32.8 Å². The van der Waals surface area contributed by atoms with Crippen molar-refractivity contribution in [2.45, 2.75) is 44.2 Å². The zero-order valence-corrected chi connectivity index (χ0v) is 18.1. The van der Waals surface area contributed by atoms with Gasteiger partial charge < -0.3 is 9.64 Å². The fourth-order valence-electron chi connectivity index (χ4n) is 4.95. The average Bonchev–Trinajstić information content (AvgIpc) is 3.11. The first-order valence-corrected chi connectivity index (χ1v) is 11.0. The van der Waals surface area contributed by atoms with Crippen LogP contribution < -0.4 is 4.74 Å². The number of piperidine rings is 1. The fraction of sp³-hybridized carbons (Fsp3) is 0.458. The number of rotatable bonds is 5. The van der Waals surface area contributed by atoms with E-state index < -0.39 is 0 Å². The van der Waals surface area contributed by atoms with Crippen molar-refractivity contribution in [1.29, 1.82) is 0 Å². The zero-order valence-electron chi connectivity index (χ0n) is 17.4. The molecule has 0 unspecified atom stereocenters. The standard InChI is InChI=1S/C24H28ClFN2O2/c1-30-22-9-6-19(14-21(22)26)16-28-13-3-11-24(28)10-2-12-27(17-24)23(29)15-18-4-7-20(25)8-5-18/h4-9,14H,2-3,10-13,15-17H2,1H3/t24-/m0/s1. The molecule has 2 fully saturated rings. The Bertz CT molecular complexity index is 905. The Kier molecular flexibility index (Phi) is 6.30. The second-order valence-corrected chi connectivity index (χ2v) is 8.88. The van der Waals surface area contributed by atoms with E-state index in [1.54, 1.807) is 12.1 Å². The normalized spacial score (nSPS) is 21.9. The van der Waals surface area contributed by atoms with Gasteiger partial charge in [-0.3, -0.25) is 9.69 Å². The predicted molar refractivity (Wildman–Crippen MR) is 116 cm³/mol. The molecule has 30 heavy (non-hydrogen) atoms. The third-order valence-corrected chi connectivity index (χ3v) is 6.76. The van der Waals surface area contributed by atoms with Crippen LogP contribution in [0.4, 0.5) is 4.39 Å². The van der Waals surface area contributed by atoms with Gasteiger partial charge in [0.2, 0.25) is 5.91 Å². The maximum absolute atomic E-state index is 14.2. The van der Waals surface area contributed by atoms with Crippen molar-refractivity contribution >= 4 is 17.5 Å². The van der Waals surface area contributed by atoms with Gasteiger partial charge in [0.25, 0.3) is 0 Å². The summed E-state index contributed by atoms with van der Waals surface area (Å²) in [5.74, 6) is 0.108. The minimum atomic E-state index is -0.327. The second kappa shape index (κ2) is 8.94. The number of ether oxygens (including phenoxy) is 1. The number of carbonyl (C=O) groups excluding carboxylic acids is 1. The van der Waals surface area contributed by atoms with Gasteiger partial charge in [-0.1, -0.05) is 29.8 Å². The van der Waals surface area contributed by atoms with Gasteiger partial charge in [0.05, 0.1) is 13.5 Å². The van der Waals surface area contributed by atoms with Gasteiger partial charge in [-0.05, 0) is 67.6 Å². The summed E-state index contributed by atoms with van der Waals surface area (Å²) in [6.07, 6.45) is 4.67. The van der Waals surface area contributed by atoms with Crippen LogP contribution in [0.1, 0.15) is 36.8 Å². The molecule has 2 heterocycles. The van der Waals surface area contributed by atoms with Crippen LogP contribution in [0.5, 0.6) is 5.75 Å². The molecule has 2 aromatic rings. The van der Waals surface area contributed by atoms with Crippen molar-refractivity contribution in [2.75, 3.05) is 26.7 Å². The third kappa shape index (κ3) is 4.47. The summed E-state index contributed by atoms with van der Waals surface area (Å²) in [6.45, 7) is 3.23. The highest BCUT2D eigenvalue weighted by Gasteiger charge is 2.44. The van der Waals surface area contributed by atoms with Crippen molar-refractivity contribution in [2.24, 2.45) is 0 Å². The molecule has 0 saturated carbocycles. The highest BCUT2D eigenvalue weighted by molar-refractivity contribution is 6.30. The molecule has 1 amide bonds. The smallest absolute Gasteiger partial charge is 0.227 e. The molecular formula is C24H28ClFN2O2. The first-order chi connectivity index (χ1) is 14.5. The molecule has 4 rings (SSSR count). The van der Waals surface area contributed by atoms with Crippen LogP contribution in [0.2, 0.25) is 5.02 Å². The van der Waals surface area contributed by atoms with E-state index >= 15 is 0 Å². The maximum Gasteiger partial charge on any atom is 0.227 e. The van der Waals surface area contributed by atoms with E-state index in [9.17, 15) is 9.18 Å². The number of methoxy groups -OCH3 is 1. The number of amides is 1. The van der Waals surface area contributed by atoms with Gasteiger partial charge in [-0.15, -0.1) is 0 Å². The Morgan fingerprint density at radius 2 is 1.80 bits per heavy atom. The van der Waals surface area contributed by atoms with Gasteiger partial charge in [-0.25, -0.2) is 4.39 Å². The monoisotopic (exact) mass is 430 g/mol. The summed E-state index contributed by atoms with van der Waals surface area (Å²) in [7, 11) is 1.48. The number of hydrogen-bond donors (Lipinski definition) is 0. The minimum absolute atomic E-state index is 0.00961. The Morgan fingerprint density at radius 1 is 1.10 bits per heavy atom. The molecule has 6 heteroatoms. The van der Waals surface area contributed by atoms with Crippen molar-refractivity contribution in [3.05, 3.63) is 64.4 Å². The van der Waals surface area contributed by atoms with E-state index in [2.05, 4.69) is 4.90 Å². The second-order valence-electron chi connectivity index (χ2n) is 8.44. The molecule has 2 aromatic carbocycles. The van der Waals surface area contributed by atoms with E-state index in [4.69, 9.17) is 16.3 Å². The maximum atomic E-state index is 14.2. The van der Waals surface area contributed by atoms with E-state index in [1.165, 1.54) is 7.11 Å². The van der Waals surface area contributed by atoms with Crippen LogP contribution in [0.3, 0.4) is 0 Å². The van der Waals surface area contributed by atoms with E-state index in [0.717, 1.165) is 56.4 Å². The number of benzene rings is 2. The lowest BCUT2D eigenvalue weighted by molar-refractivity contribution is -0.134. The fourth-order valence-corrected chi connectivity index (χ4v) is 5.07. The Morgan fingerprint density at radius 3 is 2.50 bits per heavy atom. The highest BCUT2D eigenvalue weighted by atomic mass is 35.5. The van der Waals surface area contributed by atoms with Crippen LogP contribution in [-0.4, -0.2) is 48.0 Å². The van der Waals surface area contributed by atoms with E-state index in [1.807, 2.05) is 35.2 Å². The third-order valence-electron chi connectivity index (χ3n) is 6.51. The summed E-state index contributed by atoms with van der Waals surface area (Å²) >= 11 is 5.96. The summed E-state index contributed by atoms with van der Waals surface area (Å²) in [6, 6.07) is 12.7. The van der Waals surface area contributed by atoms with Gasteiger partial charge in [0.1, 0.15) is 0 Å². The van der Waals surface area contributed by atoms with Crippen molar-refractivity contribution in [1.82, 2.24) is 9.80 Å². The van der Waals surface area contributed by atoms with Crippen LogP contribution >= 0.6 is 11.6 Å². The zero-order chi connectivity index (χ0) is 21.1. The minimum Gasteiger partial charge on any atom is -0.494 e. The van der Waals surface area contributed by atoms with Crippen LogP contribution in [0.25, 0.3) is 0 Å². The Balaban J connectivity index is 1.45. The van der Waals surface area contributed by atoms with E-state index in [-0.39, 0.29) is 23.0 Å². The average molecular weight is 431 g/mol. The van der Waals surface area contributed by atoms with Gasteiger partial charge in [-0.2, -0.15) is 0 Å². The molecule has 2 aliphatic heterocycles. The quantitative estimate of drug-likeness (QED) is 0.690. The number of nitrogens with zero attached hydrogens (tertiary/aromatic N) is 2. The Labute approximate surface area is 182 Å². The molecular weight excluding hydrogens is 403 g/mol. The molecule has 0 radical (unpaired) electrons. The molecule has 2 aliphatic rings. The number of halogens is 2. The predicted octanol–water partition coefficient (Wildman–Crippen LogP) is 4.69. The molecule has 0 N–H and O–H groups in total.